The second-order valence-electron chi connectivity index (χ2n) is 6.90. The molecule has 0 aromatic heterocycles. The molecule has 0 aliphatic heterocycles. The van der Waals surface area contributed by atoms with Crippen LogP contribution in [0.5, 0.6) is 11.5 Å². The number of halogens is 2. The molecule has 1 amide bonds. The van der Waals surface area contributed by atoms with E-state index in [0.29, 0.717) is 17.1 Å². The van der Waals surface area contributed by atoms with Gasteiger partial charge in [-0.1, -0.05) is 59.6 Å². The second kappa shape index (κ2) is 10.4. The average Bonchev–Trinajstić information content (AvgIpc) is 2.78. The van der Waals surface area contributed by atoms with Crippen molar-refractivity contribution in [2.75, 3.05) is 14.2 Å². The Labute approximate surface area is 195 Å². The number of rotatable bonds is 8. The molecule has 0 aliphatic rings. The maximum absolute atomic E-state index is 12.6. The molecule has 3 rings (SSSR count). The van der Waals surface area contributed by atoms with Gasteiger partial charge in [-0.05, 0) is 29.8 Å². The smallest absolute Gasteiger partial charge is 0.326 e. The number of hydrogen-bond acceptors (Lipinski definition) is 4. The van der Waals surface area contributed by atoms with Crippen molar-refractivity contribution in [3.8, 4) is 22.6 Å². The highest BCUT2D eigenvalue weighted by molar-refractivity contribution is 6.39. The lowest BCUT2D eigenvalue weighted by atomic mass is 9.98. The summed E-state index contributed by atoms with van der Waals surface area (Å²) in [6.07, 6.45) is 0.0334. The summed E-state index contributed by atoms with van der Waals surface area (Å²) in [5, 5.41) is 12.4. The second-order valence-corrected chi connectivity index (χ2v) is 7.71. The molecular formula is C24H21Cl2NO5. The molecule has 2 N–H and O–H groups in total. The highest BCUT2D eigenvalue weighted by atomic mass is 35.5. The third-order valence-corrected chi connectivity index (χ3v) is 5.53. The highest BCUT2D eigenvalue weighted by Gasteiger charge is 2.24. The quantitative estimate of drug-likeness (QED) is 0.475. The molecule has 3 aromatic carbocycles. The van der Waals surface area contributed by atoms with Gasteiger partial charge in [0.2, 0.25) is 0 Å². The fraction of sp³-hybridized carbons (Fsp3) is 0.167. The van der Waals surface area contributed by atoms with Crippen LogP contribution in [0.25, 0.3) is 11.1 Å². The molecule has 1 atom stereocenters. The van der Waals surface area contributed by atoms with Gasteiger partial charge < -0.3 is 19.9 Å². The van der Waals surface area contributed by atoms with Gasteiger partial charge >= 0.3 is 5.97 Å². The van der Waals surface area contributed by atoms with E-state index < -0.39 is 17.9 Å². The van der Waals surface area contributed by atoms with Gasteiger partial charge in [-0.3, -0.25) is 4.79 Å². The summed E-state index contributed by atoms with van der Waals surface area (Å²) < 4.78 is 11.0. The Morgan fingerprint density at radius 3 is 2.16 bits per heavy atom. The van der Waals surface area contributed by atoms with Crippen molar-refractivity contribution in [2.24, 2.45) is 0 Å². The number of methoxy groups -OCH3 is 2. The Bertz CT molecular complexity index is 1130. The van der Waals surface area contributed by atoms with Crippen LogP contribution in [0.1, 0.15) is 15.9 Å². The minimum atomic E-state index is -1.20. The van der Waals surface area contributed by atoms with Crippen LogP contribution in [0.4, 0.5) is 0 Å². The van der Waals surface area contributed by atoms with E-state index in [1.807, 2.05) is 30.3 Å². The Kier molecular flexibility index (Phi) is 7.62. The first kappa shape index (κ1) is 23.4. The molecule has 0 radical (unpaired) electrons. The van der Waals surface area contributed by atoms with Crippen molar-refractivity contribution >= 4 is 35.1 Å². The van der Waals surface area contributed by atoms with E-state index in [9.17, 15) is 14.7 Å². The summed E-state index contributed by atoms with van der Waals surface area (Å²) >= 11 is 12.1. The minimum Gasteiger partial charge on any atom is -0.496 e. The average molecular weight is 474 g/mol. The number of amides is 1. The minimum absolute atomic E-state index is 0.0334. The topological polar surface area (TPSA) is 84.9 Å². The number of ether oxygens (including phenoxy) is 2. The van der Waals surface area contributed by atoms with Crippen molar-refractivity contribution in [1.29, 1.82) is 0 Å². The number of hydrogen-bond donors (Lipinski definition) is 2. The number of para-hydroxylation sites is 1. The van der Waals surface area contributed by atoms with Crippen molar-refractivity contribution in [3.63, 3.8) is 0 Å². The lowest BCUT2D eigenvalue weighted by molar-refractivity contribution is -0.139. The molecule has 0 saturated heterocycles. The SMILES string of the molecule is COc1ccccc1-c1ccc(C[C@H](NC(=O)c2c(Cl)cccc2Cl)C(=O)O)cc1OC. The first-order valence-corrected chi connectivity index (χ1v) is 10.4. The van der Waals surface area contributed by atoms with Crippen molar-refractivity contribution < 1.29 is 24.2 Å². The molecule has 8 heteroatoms. The number of nitrogens with one attached hydrogen (secondary N) is 1. The van der Waals surface area contributed by atoms with Crippen LogP contribution in [0.15, 0.2) is 60.7 Å². The number of carbonyl (C=O) groups excluding carboxylic acids is 1. The molecule has 0 bridgehead atoms. The Balaban J connectivity index is 1.87. The van der Waals surface area contributed by atoms with Gasteiger partial charge in [0.1, 0.15) is 17.5 Å². The molecule has 0 unspecified atom stereocenters. The Hall–Kier alpha value is -3.22. The van der Waals surface area contributed by atoms with E-state index in [1.165, 1.54) is 19.2 Å². The summed E-state index contributed by atoms with van der Waals surface area (Å²) in [5.74, 6) is -0.609. The van der Waals surface area contributed by atoms with Gasteiger partial charge in [-0.15, -0.1) is 0 Å². The molecule has 3 aromatic rings. The molecule has 0 spiro atoms. The largest absolute Gasteiger partial charge is 0.496 e. The molecule has 6 nitrogen and oxygen atoms in total. The fourth-order valence-electron chi connectivity index (χ4n) is 3.33. The van der Waals surface area contributed by atoms with E-state index in [-0.39, 0.29) is 22.0 Å². The maximum atomic E-state index is 12.6. The number of benzene rings is 3. The van der Waals surface area contributed by atoms with Gasteiger partial charge in [0.15, 0.2) is 0 Å². The third-order valence-electron chi connectivity index (χ3n) is 4.90. The molecule has 0 aliphatic carbocycles. The van der Waals surface area contributed by atoms with E-state index in [0.717, 1.165) is 11.1 Å². The van der Waals surface area contributed by atoms with Crippen LogP contribution in [-0.2, 0) is 11.2 Å². The zero-order valence-corrected chi connectivity index (χ0v) is 18.9. The first-order valence-electron chi connectivity index (χ1n) is 9.63. The standard InChI is InChI=1S/C24H21Cl2NO5/c1-31-20-9-4-3-6-15(20)16-11-10-14(13-21(16)32-2)12-19(24(29)30)27-23(28)22-17(25)7-5-8-18(22)26/h3-11,13,19H,12H2,1-2H3,(H,27,28)(H,29,30)/t19-/m0/s1. The summed E-state index contributed by atoms with van der Waals surface area (Å²) in [7, 11) is 3.12. The fourth-order valence-corrected chi connectivity index (χ4v) is 3.90. The van der Waals surface area contributed by atoms with Crippen LogP contribution in [0.2, 0.25) is 10.0 Å². The van der Waals surface area contributed by atoms with Crippen LogP contribution < -0.4 is 14.8 Å². The van der Waals surface area contributed by atoms with Gasteiger partial charge in [0.05, 0.1) is 29.8 Å². The molecule has 166 valence electrons. The monoisotopic (exact) mass is 473 g/mol. The zero-order valence-electron chi connectivity index (χ0n) is 17.4. The van der Waals surface area contributed by atoms with E-state index >= 15 is 0 Å². The Morgan fingerprint density at radius 1 is 0.906 bits per heavy atom. The summed E-state index contributed by atoms with van der Waals surface area (Å²) in [5.41, 5.74) is 2.34. The Morgan fingerprint density at radius 2 is 1.53 bits per heavy atom. The summed E-state index contributed by atoms with van der Waals surface area (Å²) in [4.78, 5) is 24.5. The van der Waals surface area contributed by atoms with Crippen LogP contribution in [0, 0.1) is 0 Å². The lowest BCUT2D eigenvalue weighted by Gasteiger charge is -2.18. The van der Waals surface area contributed by atoms with Crippen molar-refractivity contribution in [1.82, 2.24) is 5.32 Å². The number of aliphatic carboxylic acids is 1. The predicted octanol–water partition coefficient (Wildman–Crippen LogP) is 5.10. The first-order chi connectivity index (χ1) is 15.3. The van der Waals surface area contributed by atoms with Crippen LogP contribution in [0.3, 0.4) is 0 Å². The molecule has 0 fully saturated rings. The van der Waals surface area contributed by atoms with Gasteiger partial charge in [-0.25, -0.2) is 4.79 Å². The number of carboxylic acids is 1. The van der Waals surface area contributed by atoms with Gasteiger partial charge in [0.25, 0.3) is 5.91 Å². The molecule has 32 heavy (non-hydrogen) atoms. The van der Waals surface area contributed by atoms with Crippen molar-refractivity contribution in [3.05, 3.63) is 81.8 Å². The number of carbonyl (C=O) groups is 2. The van der Waals surface area contributed by atoms with E-state index in [2.05, 4.69) is 5.32 Å². The van der Waals surface area contributed by atoms with E-state index in [4.69, 9.17) is 32.7 Å². The van der Waals surface area contributed by atoms with E-state index in [1.54, 1.807) is 25.3 Å². The van der Waals surface area contributed by atoms with Crippen LogP contribution in [-0.4, -0.2) is 37.2 Å². The highest BCUT2D eigenvalue weighted by Crippen LogP contribution is 2.37. The van der Waals surface area contributed by atoms with Gasteiger partial charge in [0, 0.05) is 17.5 Å². The predicted molar refractivity (Wildman–Crippen MR) is 124 cm³/mol. The van der Waals surface area contributed by atoms with Gasteiger partial charge in [-0.2, -0.15) is 0 Å². The molecule has 0 saturated carbocycles. The van der Waals surface area contributed by atoms with Crippen LogP contribution >= 0.6 is 23.2 Å². The number of carboxylic acid groups (broad SMARTS) is 1. The summed E-state index contributed by atoms with van der Waals surface area (Å²) in [6.45, 7) is 0. The normalized spacial score (nSPS) is 11.5. The maximum Gasteiger partial charge on any atom is 0.326 e. The molecule has 0 heterocycles. The molecular weight excluding hydrogens is 453 g/mol. The van der Waals surface area contributed by atoms with Crippen molar-refractivity contribution in [2.45, 2.75) is 12.5 Å². The lowest BCUT2D eigenvalue weighted by Crippen LogP contribution is -2.42. The summed E-state index contributed by atoms with van der Waals surface area (Å²) in [6, 6.07) is 16.3. The third kappa shape index (κ3) is 5.15. The zero-order chi connectivity index (χ0) is 23.3.